The van der Waals surface area contributed by atoms with Crippen LogP contribution in [0.5, 0.6) is 5.75 Å². The molecule has 1 fully saturated rings. The maximum absolute atomic E-state index is 10.6. The summed E-state index contributed by atoms with van der Waals surface area (Å²) in [6.45, 7) is 1.79. The minimum atomic E-state index is -0.482. The fourth-order valence-electron chi connectivity index (χ4n) is 2.52. The zero-order valence-electron chi connectivity index (χ0n) is 9.66. The first-order valence-electron chi connectivity index (χ1n) is 5.68. The van der Waals surface area contributed by atoms with Crippen LogP contribution in [-0.2, 0) is 10.3 Å². The molecular weight excluding hydrogens is 238 g/mol. The van der Waals surface area contributed by atoms with E-state index in [9.17, 15) is 9.90 Å². The molecule has 0 saturated heterocycles. The average molecular weight is 252 g/mol. The Morgan fingerprint density at radius 2 is 2.06 bits per heavy atom. The van der Waals surface area contributed by atoms with Crippen molar-refractivity contribution in [1.82, 2.24) is 0 Å². The van der Waals surface area contributed by atoms with Gasteiger partial charge in [-0.2, -0.15) is 4.99 Å². The predicted octanol–water partition coefficient (Wildman–Crippen LogP) is 3.46. The van der Waals surface area contributed by atoms with Crippen molar-refractivity contribution in [2.75, 3.05) is 0 Å². The maximum Gasteiger partial charge on any atom is 0.235 e. The molecule has 1 N–H and O–H groups in total. The number of phenolic OH excluding ortho intramolecular Hbond substituents is 1. The molecule has 0 aliphatic heterocycles. The number of hydrogen-bond acceptors (Lipinski definition) is 3. The number of nitrogens with zero attached hydrogens (tertiary/aromatic N) is 1. The van der Waals surface area contributed by atoms with E-state index >= 15 is 0 Å². The maximum atomic E-state index is 10.6. The van der Waals surface area contributed by atoms with Crippen molar-refractivity contribution in [1.29, 1.82) is 0 Å². The Labute approximate surface area is 105 Å². The minimum Gasteiger partial charge on any atom is -0.506 e. The lowest BCUT2D eigenvalue weighted by Gasteiger charge is -2.23. The fraction of sp³-hybridized carbons (Fsp3) is 0.462. The molecular formula is C13H14ClNO2. The number of aryl methyl sites for hydroxylation is 1. The van der Waals surface area contributed by atoms with E-state index in [1.54, 1.807) is 19.1 Å². The van der Waals surface area contributed by atoms with E-state index in [4.69, 9.17) is 11.6 Å². The third kappa shape index (κ3) is 2.08. The van der Waals surface area contributed by atoms with Gasteiger partial charge in [-0.3, -0.25) is 0 Å². The van der Waals surface area contributed by atoms with E-state index in [0.717, 1.165) is 31.2 Å². The highest BCUT2D eigenvalue weighted by atomic mass is 35.5. The van der Waals surface area contributed by atoms with Crippen molar-refractivity contribution >= 4 is 17.7 Å². The lowest BCUT2D eigenvalue weighted by Crippen LogP contribution is -2.19. The van der Waals surface area contributed by atoms with E-state index in [-0.39, 0.29) is 5.75 Å². The summed E-state index contributed by atoms with van der Waals surface area (Å²) in [7, 11) is 0. The molecule has 0 spiro atoms. The Hall–Kier alpha value is -1.31. The van der Waals surface area contributed by atoms with Gasteiger partial charge in [0.2, 0.25) is 6.08 Å². The van der Waals surface area contributed by atoms with Crippen LogP contribution in [0.15, 0.2) is 17.1 Å². The van der Waals surface area contributed by atoms with Gasteiger partial charge in [-0.15, -0.1) is 0 Å². The van der Waals surface area contributed by atoms with Crippen LogP contribution in [0.4, 0.5) is 0 Å². The van der Waals surface area contributed by atoms with E-state index in [0.29, 0.717) is 10.6 Å². The molecule has 1 saturated carbocycles. The van der Waals surface area contributed by atoms with E-state index in [2.05, 4.69) is 4.99 Å². The first-order chi connectivity index (χ1) is 8.09. The molecule has 1 aromatic rings. The summed E-state index contributed by atoms with van der Waals surface area (Å²) in [4.78, 5) is 14.6. The number of halogens is 1. The molecule has 0 radical (unpaired) electrons. The second kappa shape index (κ2) is 4.52. The van der Waals surface area contributed by atoms with Gasteiger partial charge in [0, 0.05) is 0 Å². The van der Waals surface area contributed by atoms with Crippen LogP contribution in [0.2, 0.25) is 5.02 Å². The molecule has 90 valence electrons. The monoisotopic (exact) mass is 251 g/mol. The molecule has 4 heteroatoms. The number of aromatic hydroxyl groups is 1. The number of benzene rings is 1. The van der Waals surface area contributed by atoms with Crippen LogP contribution < -0.4 is 0 Å². The van der Waals surface area contributed by atoms with Gasteiger partial charge in [-0.25, -0.2) is 4.79 Å². The smallest absolute Gasteiger partial charge is 0.235 e. The quantitative estimate of drug-likeness (QED) is 0.646. The van der Waals surface area contributed by atoms with Gasteiger partial charge < -0.3 is 5.11 Å². The van der Waals surface area contributed by atoms with Gasteiger partial charge in [0.1, 0.15) is 5.75 Å². The Kier molecular flexibility index (Phi) is 3.23. The van der Waals surface area contributed by atoms with Crippen LogP contribution in [0.1, 0.15) is 36.8 Å². The summed E-state index contributed by atoms with van der Waals surface area (Å²) in [5.41, 5.74) is 1.13. The molecule has 0 heterocycles. The lowest BCUT2D eigenvalue weighted by atomic mass is 9.88. The third-order valence-electron chi connectivity index (χ3n) is 3.48. The van der Waals surface area contributed by atoms with Crippen molar-refractivity contribution in [2.45, 2.75) is 38.1 Å². The second-order valence-electron chi connectivity index (χ2n) is 4.57. The van der Waals surface area contributed by atoms with Crippen LogP contribution in [-0.4, -0.2) is 11.2 Å². The number of aliphatic imine (C=N–C) groups is 1. The average Bonchev–Trinajstić information content (AvgIpc) is 2.75. The lowest BCUT2D eigenvalue weighted by molar-refractivity contribution is 0.449. The Bertz CT molecular complexity index is 463. The largest absolute Gasteiger partial charge is 0.506 e. The summed E-state index contributed by atoms with van der Waals surface area (Å²) in [6.07, 6.45) is 5.43. The molecule has 0 unspecified atom stereocenters. The Morgan fingerprint density at radius 3 is 2.59 bits per heavy atom. The van der Waals surface area contributed by atoms with Gasteiger partial charge in [0.25, 0.3) is 0 Å². The third-order valence-corrected chi connectivity index (χ3v) is 3.77. The number of carbonyl (C=O) groups excluding carboxylic acids is 1. The highest BCUT2D eigenvalue weighted by Gasteiger charge is 2.36. The number of rotatable bonds is 2. The number of phenols is 1. The van der Waals surface area contributed by atoms with Crippen molar-refractivity contribution in [3.05, 3.63) is 28.3 Å². The Balaban J connectivity index is 2.54. The highest BCUT2D eigenvalue weighted by Crippen LogP contribution is 2.44. The molecule has 0 amide bonds. The number of isocyanates is 1. The summed E-state index contributed by atoms with van der Waals surface area (Å²) in [6, 6.07) is 3.56. The predicted molar refractivity (Wildman–Crippen MR) is 66.1 cm³/mol. The standard InChI is InChI=1S/C13H14ClNO2/c1-9-6-10(7-11(14)12(9)17)13(15-8-16)4-2-3-5-13/h6-7,17H,2-5H2,1H3. The first-order valence-corrected chi connectivity index (χ1v) is 6.05. The van der Waals surface area contributed by atoms with Crippen molar-refractivity contribution in [3.63, 3.8) is 0 Å². The fourth-order valence-corrected chi connectivity index (χ4v) is 2.78. The van der Waals surface area contributed by atoms with E-state index < -0.39 is 5.54 Å². The van der Waals surface area contributed by atoms with Crippen LogP contribution in [0.3, 0.4) is 0 Å². The Morgan fingerprint density at radius 1 is 1.41 bits per heavy atom. The summed E-state index contributed by atoms with van der Waals surface area (Å²) < 4.78 is 0. The van der Waals surface area contributed by atoms with Crippen LogP contribution in [0.25, 0.3) is 0 Å². The minimum absolute atomic E-state index is 0.0960. The summed E-state index contributed by atoms with van der Waals surface area (Å²) in [5, 5.41) is 9.96. The van der Waals surface area contributed by atoms with Crippen LogP contribution in [0, 0.1) is 6.92 Å². The molecule has 1 aromatic carbocycles. The van der Waals surface area contributed by atoms with Gasteiger partial charge in [-0.1, -0.05) is 24.4 Å². The van der Waals surface area contributed by atoms with Gasteiger partial charge in [-0.05, 0) is 43.0 Å². The van der Waals surface area contributed by atoms with Crippen molar-refractivity contribution in [2.24, 2.45) is 4.99 Å². The van der Waals surface area contributed by atoms with E-state index in [1.165, 1.54) is 0 Å². The second-order valence-corrected chi connectivity index (χ2v) is 4.97. The SMILES string of the molecule is Cc1cc(C2(N=C=O)CCCC2)cc(Cl)c1O. The molecule has 17 heavy (non-hydrogen) atoms. The van der Waals surface area contributed by atoms with Crippen LogP contribution >= 0.6 is 11.6 Å². The van der Waals surface area contributed by atoms with E-state index in [1.807, 2.05) is 6.07 Å². The van der Waals surface area contributed by atoms with Crippen molar-refractivity contribution < 1.29 is 9.90 Å². The summed E-state index contributed by atoms with van der Waals surface area (Å²) >= 11 is 5.97. The van der Waals surface area contributed by atoms with Gasteiger partial charge >= 0.3 is 0 Å². The normalized spacial score (nSPS) is 17.8. The number of hydrogen-bond donors (Lipinski definition) is 1. The highest BCUT2D eigenvalue weighted by molar-refractivity contribution is 6.32. The first kappa shape index (κ1) is 12.2. The topological polar surface area (TPSA) is 49.7 Å². The molecule has 0 bridgehead atoms. The van der Waals surface area contributed by atoms with Gasteiger partial charge in [0.15, 0.2) is 0 Å². The zero-order valence-corrected chi connectivity index (χ0v) is 10.4. The molecule has 2 rings (SSSR count). The molecule has 0 aromatic heterocycles. The summed E-state index contributed by atoms with van der Waals surface area (Å²) in [5.74, 6) is 0.0960. The van der Waals surface area contributed by atoms with Gasteiger partial charge in [0.05, 0.1) is 10.6 Å². The molecule has 0 atom stereocenters. The molecule has 1 aliphatic rings. The molecule has 3 nitrogen and oxygen atoms in total. The molecule has 1 aliphatic carbocycles. The van der Waals surface area contributed by atoms with Crippen molar-refractivity contribution in [3.8, 4) is 5.75 Å². The zero-order chi connectivity index (χ0) is 12.5.